The Hall–Kier alpha value is -3.21. The van der Waals surface area contributed by atoms with Gasteiger partial charge in [-0.3, -0.25) is 4.79 Å². The molecule has 1 aliphatic rings. The first kappa shape index (κ1) is 16.3. The lowest BCUT2D eigenvalue weighted by Crippen LogP contribution is -2.43. The molecule has 0 aliphatic carbocycles. The zero-order valence-corrected chi connectivity index (χ0v) is 14.5. The van der Waals surface area contributed by atoms with Crippen LogP contribution in [-0.4, -0.2) is 24.5 Å². The molecule has 5 heteroatoms. The SMILES string of the molecule is COc1ccc(CCN2C(=O)c3ccccc3N[C@@H]2c2ccco2)cc1. The summed E-state index contributed by atoms with van der Waals surface area (Å²) in [4.78, 5) is 14.9. The van der Waals surface area contributed by atoms with Gasteiger partial charge in [0.15, 0.2) is 6.17 Å². The summed E-state index contributed by atoms with van der Waals surface area (Å²) in [5.74, 6) is 1.56. The molecule has 5 nitrogen and oxygen atoms in total. The summed E-state index contributed by atoms with van der Waals surface area (Å²) in [5.41, 5.74) is 2.67. The molecule has 1 aromatic heterocycles. The highest BCUT2D eigenvalue weighted by molar-refractivity contribution is 6.01. The van der Waals surface area contributed by atoms with Gasteiger partial charge in [0, 0.05) is 12.2 Å². The van der Waals surface area contributed by atoms with Crippen molar-refractivity contribution >= 4 is 11.6 Å². The molecule has 2 heterocycles. The second-order valence-electron chi connectivity index (χ2n) is 6.20. The van der Waals surface area contributed by atoms with Crippen molar-refractivity contribution in [2.75, 3.05) is 19.0 Å². The van der Waals surface area contributed by atoms with Crippen molar-refractivity contribution in [3.05, 3.63) is 83.8 Å². The van der Waals surface area contributed by atoms with Crippen LogP contribution in [0.25, 0.3) is 0 Å². The highest BCUT2D eigenvalue weighted by atomic mass is 16.5. The molecule has 0 fully saturated rings. The fourth-order valence-corrected chi connectivity index (χ4v) is 3.24. The molecule has 0 spiro atoms. The van der Waals surface area contributed by atoms with E-state index in [-0.39, 0.29) is 12.1 Å². The number of carbonyl (C=O) groups is 1. The molecular formula is C21H20N2O3. The van der Waals surface area contributed by atoms with Crippen LogP contribution in [0.4, 0.5) is 5.69 Å². The summed E-state index contributed by atoms with van der Waals surface area (Å²) < 4.78 is 10.8. The van der Waals surface area contributed by atoms with Gasteiger partial charge >= 0.3 is 0 Å². The smallest absolute Gasteiger partial charge is 0.257 e. The number of nitrogens with zero attached hydrogens (tertiary/aromatic N) is 1. The molecule has 0 unspecified atom stereocenters. The van der Waals surface area contributed by atoms with E-state index in [0.29, 0.717) is 12.1 Å². The predicted molar refractivity (Wildman–Crippen MR) is 99.2 cm³/mol. The number of para-hydroxylation sites is 1. The average molecular weight is 348 g/mol. The predicted octanol–water partition coefficient (Wildman–Crippen LogP) is 4.10. The first-order chi connectivity index (χ1) is 12.8. The van der Waals surface area contributed by atoms with Gasteiger partial charge in [0.25, 0.3) is 5.91 Å². The standard InChI is InChI=1S/C21H20N2O3/c1-25-16-10-8-15(9-11-16)12-13-23-20(19-7-4-14-26-19)22-18-6-3-2-5-17(18)21(23)24/h2-11,14,20,22H,12-13H2,1H3/t20-/m0/s1. The molecule has 0 saturated carbocycles. The first-order valence-corrected chi connectivity index (χ1v) is 8.59. The number of hydrogen-bond acceptors (Lipinski definition) is 4. The van der Waals surface area contributed by atoms with Gasteiger partial charge in [-0.05, 0) is 48.4 Å². The lowest BCUT2D eigenvalue weighted by Gasteiger charge is -2.36. The number of nitrogens with one attached hydrogen (secondary N) is 1. The van der Waals surface area contributed by atoms with E-state index in [4.69, 9.17) is 9.15 Å². The van der Waals surface area contributed by atoms with Crippen LogP contribution in [0.5, 0.6) is 5.75 Å². The molecular weight excluding hydrogens is 328 g/mol. The summed E-state index contributed by atoms with van der Waals surface area (Å²) in [5, 5.41) is 3.43. The van der Waals surface area contributed by atoms with Gasteiger partial charge in [-0.2, -0.15) is 0 Å². The highest BCUT2D eigenvalue weighted by Gasteiger charge is 2.33. The summed E-state index contributed by atoms with van der Waals surface area (Å²) in [6.07, 6.45) is 2.06. The lowest BCUT2D eigenvalue weighted by molar-refractivity contribution is 0.0665. The molecule has 1 atom stereocenters. The van der Waals surface area contributed by atoms with Crippen LogP contribution in [-0.2, 0) is 6.42 Å². The van der Waals surface area contributed by atoms with E-state index in [2.05, 4.69) is 5.32 Å². The Morgan fingerprint density at radius 1 is 1.08 bits per heavy atom. The Kier molecular flexibility index (Phi) is 4.35. The fraction of sp³-hybridized carbons (Fsp3) is 0.190. The van der Waals surface area contributed by atoms with Crippen LogP contribution < -0.4 is 10.1 Å². The second kappa shape index (κ2) is 6.96. The Morgan fingerprint density at radius 2 is 1.88 bits per heavy atom. The number of ether oxygens (including phenoxy) is 1. The molecule has 132 valence electrons. The topological polar surface area (TPSA) is 54.7 Å². The van der Waals surface area contributed by atoms with E-state index in [1.165, 1.54) is 0 Å². The van der Waals surface area contributed by atoms with Crippen LogP contribution in [0, 0.1) is 0 Å². The number of hydrogen-bond donors (Lipinski definition) is 1. The van der Waals surface area contributed by atoms with Crippen molar-refractivity contribution in [3.63, 3.8) is 0 Å². The van der Waals surface area contributed by atoms with Crippen LogP contribution in [0.2, 0.25) is 0 Å². The van der Waals surface area contributed by atoms with Crippen LogP contribution >= 0.6 is 0 Å². The minimum atomic E-state index is -0.314. The van der Waals surface area contributed by atoms with Crippen molar-refractivity contribution in [2.45, 2.75) is 12.6 Å². The van der Waals surface area contributed by atoms with E-state index in [1.54, 1.807) is 13.4 Å². The maximum atomic E-state index is 13.1. The van der Waals surface area contributed by atoms with E-state index in [1.807, 2.05) is 65.6 Å². The van der Waals surface area contributed by atoms with Crippen molar-refractivity contribution in [1.82, 2.24) is 4.90 Å². The van der Waals surface area contributed by atoms with Gasteiger partial charge in [-0.15, -0.1) is 0 Å². The highest BCUT2D eigenvalue weighted by Crippen LogP contribution is 2.33. The van der Waals surface area contributed by atoms with E-state index >= 15 is 0 Å². The molecule has 0 saturated heterocycles. The third kappa shape index (κ3) is 3.04. The number of amides is 1. The molecule has 0 bridgehead atoms. The number of carbonyl (C=O) groups excluding carboxylic acids is 1. The average Bonchev–Trinajstić information content (AvgIpc) is 3.22. The monoisotopic (exact) mass is 348 g/mol. The summed E-state index contributed by atoms with van der Waals surface area (Å²) >= 11 is 0. The molecule has 4 rings (SSSR count). The Bertz CT molecular complexity index is 888. The molecule has 26 heavy (non-hydrogen) atoms. The minimum Gasteiger partial charge on any atom is -0.497 e. The third-order valence-corrected chi connectivity index (χ3v) is 4.64. The molecule has 1 amide bonds. The quantitative estimate of drug-likeness (QED) is 0.754. The maximum absolute atomic E-state index is 13.1. The van der Waals surface area contributed by atoms with Gasteiger partial charge in [-0.25, -0.2) is 0 Å². The van der Waals surface area contributed by atoms with Gasteiger partial charge < -0.3 is 19.4 Å². The van der Waals surface area contributed by atoms with E-state index in [0.717, 1.165) is 29.2 Å². The fourth-order valence-electron chi connectivity index (χ4n) is 3.24. The van der Waals surface area contributed by atoms with Gasteiger partial charge in [0.1, 0.15) is 11.5 Å². The minimum absolute atomic E-state index is 0.00858. The number of benzene rings is 2. The number of furan rings is 1. The molecule has 3 aromatic rings. The lowest BCUT2D eigenvalue weighted by atomic mass is 10.0. The zero-order valence-electron chi connectivity index (χ0n) is 14.5. The Labute approximate surface area is 152 Å². The molecule has 2 aromatic carbocycles. The van der Waals surface area contributed by atoms with E-state index < -0.39 is 0 Å². The van der Waals surface area contributed by atoms with E-state index in [9.17, 15) is 4.79 Å². The van der Waals surface area contributed by atoms with Crippen molar-refractivity contribution in [3.8, 4) is 5.75 Å². The Balaban J connectivity index is 1.59. The van der Waals surface area contributed by atoms with Crippen molar-refractivity contribution in [1.29, 1.82) is 0 Å². The third-order valence-electron chi connectivity index (χ3n) is 4.64. The first-order valence-electron chi connectivity index (χ1n) is 8.59. The normalized spacial score (nSPS) is 16.1. The summed E-state index contributed by atoms with van der Waals surface area (Å²) in [7, 11) is 1.65. The summed E-state index contributed by atoms with van der Waals surface area (Å²) in [6.45, 7) is 0.581. The largest absolute Gasteiger partial charge is 0.497 e. The summed E-state index contributed by atoms with van der Waals surface area (Å²) in [6, 6.07) is 19.2. The maximum Gasteiger partial charge on any atom is 0.257 e. The number of rotatable bonds is 5. The Morgan fingerprint density at radius 3 is 2.62 bits per heavy atom. The molecule has 1 aliphatic heterocycles. The number of anilines is 1. The van der Waals surface area contributed by atoms with Crippen molar-refractivity contribution in [2.24, 2.45) is 0 Å². The van der Waals surface area contributed by atoms with Gasteiger partial charge in [-0.1, -0.05) is 24.3 Å². The van der Waals surface area contributed by atoms with Crippen molar-refractivity contribution < 1.29 is 13.9 Å². The van der Waals surface area contributed by atoms with Gasteiger partial charge in [0.05, 0.1) is 18.9 Å². The van der Waals surface area contributed by atoms with Crippen LogP contribution in [0.15, 0.2) is 71.3 Å². The zero-order chi connectivity index (χ0) is 17.9. The molecule has 0 radical (unpaired) electrons. The van der Waals surface area contributed by atoms with Crippen LogP contribution in [0.1, 0.15) is 27.8 Å². The molecule has 1 N–H and O–H groups in total. The number of fused-ring (bicyclic) bond motifs is 1. The number of methoxy groups -OCH3 is 1. The van der Waals surface area contributed by atoms with Gasteiger partial charge in [0.2, 0.25) is 0 Å². The van der Waals surface area contributed by atoms with Crippen LogP contribution in [0.3, 0.4) is 0 Å². The second-order valence-corrected chi connectivity index (χ2v) is 6.20.